The average molecular weight is 396 g/mol. The first kappa shape index (κ1) is 22.1. The molecule has 0 spiro atoms. The van der Waals surface area contributed by atoms with Crippen LogP contribution in [0, 0.1) is 12.8 Å². The minimum atomic E-state index is -0.699. The number of carbonyl (C=O) groups is 3. The van der Waals surface area contributed by atoms with Crippen LogP contribution in [-0.4, -0.2) is 23.8 Å². The summed E-state index contributed by atoms with van der Waals surface area (Å²) in [5.41, 5.74) is 3.37. The summed E-state index contributed by atoms with van der Waals surface area (Å²) in [6.07, 6.45) is 0.809. The number of benzene rings is 2. The van der Waals surface area contributed by atoms with Gasteiger partial charge in [0.2, 0.25) is 17.7 Å². The van der Waals surface area contributed by atoms with Crippen molar-refractivity contribution in [1.29, 1.82) is 0 Å². The minimum Gasteiger partial charge on any atom is -0.344 e. The van der Waals surface area contributed by atoms with Gasteiger partial charge >= 0.3 is 0 Å². The number of rotatable bonds is 8. The lowest BCUT2D eigenvalue weighted by atomic mass is 10.0. The molecule has 0 saturated heterocycles. The van der Waals surface area contributed by atoms with Gasteiger partial charge < -0.3 is 16.0 Å². The van der Waals surface area contributed by atoms with Crippen LogP contribution < -0.4 is 16.0 Å². The van der Waals surface area contributed by atoms with Crippen molar-refractivity contribution < 1.29 is 14.4 Å². The average Bonchev–Trinajstić information content (AvgIpc) is 2.63. The number of carbonyl (C=O) groups excluding carboxylic acids is 3. The van der Waals surface area contributed by atoms with Gasteiger partial charge in [-0.3, -0.25) is 14.4 Å². The molecule has 2 aromatic carbocycles. The van der Waals surface area contributed by atoms with E-state index in [9.17, 15) is 14.4 Å². The van der Waals surface area contributed by atoms with E-state index in [0.29, 0.717) is 30.1 Å². The van der Waals surface area contributed by atoms with Crippen LogP contribution >= 0.6 is 0 Å². The van der Waals surface area contributed by atoms with Crippen molar-refractivity contribution in [2.75, 3.05) is 10.6 Å². The van der Waals surface area contributed by atoms with Crippen molar-refractivity contribution in [1.82, 2.24) is 5.32 Å². The molecule has 0 aliphatic carbocycles. The number of hydrogen-bond acceptors (Lipinski definition) is 3. The molecule has 3 N–H and O–H groups in total. The second kappa shape index (κ2) is 10.4. The van der Waals surface area contributed by atoms with Crippen molar-refractivity contribution in [2.24, 2.45) is 5.92 Å². The van der Waals surface area contributed by atoms with Gasteiger partial charge in [0.25, 0.3) is 0 Å². The third kappa shape index (κ3) is 7.78. The zero-order chi connectivity index (χ0) is 21.4. The maximum Gasteiger partial charge on any atom is 0.247 e. The van der Waals surface area contributed by atoms with Crippen molar-refractivity contribution in [3.63, 3.8) is 0 Å². The molecule has 0 aromatic heterocycles. The minimum absolute atomic E-state index is 0.0265. The molecule has 0 bridgehead atoms. The van der Waals surface area contributed by atoms with Gasteiger partial charge in [-0.1, -0.05) is 43.7 Å². The van der Waals surface area contributed by atoms with E-state index >= 15 is 0 Å². The standard InChI is InChI=1S/C23H29N3O3/c1-15(2)13-22(28)25-19-11-7-18(8-12-19)14-21(24-17(4)27)23(29)26-20-9-5-16(3)6-10-20/h5-12,15,21H,13-14H2,1-4H3,(H,24,27)(H,25,28)(H,26,29). The van der Waals surface area contributed by atoms with Crippen molar-refractivity contribution >= 4 is 29.1 Å². The number of anilines is 2. The van der Waals surface area contributed by atoms with Crippen molar-refractivity contribution in [2.45, 2.75) is 46.6 Å². The number of hydrogen-bond donors (Lipinski definition) is 3. The summed E-state index contributed by atoms with van der Waals surface area (Å²) < 4.78 is 0. The maximum absolute atomic E-state index is 12.7. The van der Waals surface area contributed by atoms with Gasteiger partial charge in [-0.15, -0.1) is 0 Å². The van der Waals surface area contributed by atoms with Crippen LogP contribution in [0.25, 0.3) is 0 Å². The number of aryl methyl sites for hydroxylation is 1. The van der Waals surface area contributed by atoms with Gasteiger partial charge in [-0.2, -0.15) is 0 Å². The fraction of sp³-hybridized carbons (Fsp3) is 0.348. The monoisotopic (exact) mass is 395 g/mol. The van der Waals surface area contributed by atoms with E-state index in [1.165, 1.54) is 6.92 Å². The highest BCUT2D eigenvalue weighted by molar-refractivity contribution is 5.97. The molecule has 0 aliphatic rings. The third-order valence-corrected chi connectivity index (χ3v) is 4.28. The quantitative estimate of drug-likeness (QED) is 0.637. The third-order valence-electron chi connectivity index (χ3n) is 4.28. The van der Waals surface area contributed by atoms with Gasteiger partial charge in [0.1, 0.15) is 6.04 Å². The van der Waals surface area contributed by atoms with Crippen LogP contribution in [0.1, 0.15) is 38.3 Å². The van der Waals surface area contributed by atoms with E-state index in [4.69, 9.17) is 0 Å². The molecule has 6 nitrogen and oxygen atoms in total. The Morgan fingerprint density at radius 2 is 1.41 bits per heavy atom. The molecule has 6 heteroatoms. The van der Waals surface area contributed by atoms with Crippen LogP contribution in [0.3, 0.4) is 0 Å². The van der Waals surface area contributed by atoms with Gasteiger partial charge in [-0.05, 0) is 42.7 Å². The summed E-state index contributed by atoms with van der Waals surface area (Å²) in [6, 6.07) is 14.1. The van der Waals surface area contributed by atoms with E-state index in [2.05, 4.69) is 16.0 Å². The van der Waals surface area contributed by atoms with E-state index in [-0.39, 0.29) is 17.7 Å². The Balaban J connectivity index is 2.03. The highest BCUT2D eigenvalue weighted by Gasteiger charge is 2.20. The van der Waals surface area contributed by atoms with Gasteiger partial charge in [0, 0.05) is 31.1 Å². The SMILES string of the molecule is CC(=O)NC(Cc1ccc(NC(=O)CC(C)C)cc1)C(=O)Nc1ccc(C)cc1. The molecule has 154 valence electrons. The Kier molecular flexibility index (Phi) is 7.95. The molecular weight excluding hydrogens is 366 g/mol. The summed E-state index contributed by atoms with van der Waals surface area (Å²) >= 11 is 0. The van der Waals surface area contributed by atoms with Crippen LogP contribution in [0.5, 0.6) is 0 Å². The fourth-order valence-corrected chi connectivity index (χ4v) is 2.86. The molecule has 0 saturated carbocycles. The van der Waals surface area contributed by atoms with Crippen LogP contribution in [-0.2, 0) is 20.8 Å². The van der Waals surface area contributed by atoms with Crippen LogP contribution in [0.15, 0.2) is 48.5 Å². The molecule has 2 aromatic rings. The molecule has 1 unspecified atom stereocenters. The van der Waals surface area contributed by atoms with E-state index in [0.717, 1.165) is 11.1 Å². The van der Waals surface area contributed by atoms with E-state index in [1.807, 2.05) is 57.2 Å². The van der Waals surface area contributed by atoms with Crippen LogP contribution in [0.2, 0.25) is 0 Å². The summed E-state index contributed by atoms with van der Waals surface area (Å²) in [5.74, 6) is -0.286. The Morgan fingerprint density at radius 3 is 1.97 bits per heavy atom. The lowest BCUT2D eigenvalue weighted by Gasteiger charge is -2.18. The molecular formula is C23H29N3O3. The molecule has 3 amide bonds. The molecule has 0 radical (unpaired) electrons. The molecule has 0 heterocycles. The molecule has 0 fully saturated rings. The Morgan fingerprint density at radius 1 is 0.862 bits per heavy atom. The zero-order valence-electron chi connectivity index (χ0n) is 17.4. The number of nitrogens with one attached hydrogen (secondary N) is 3. The van der Waals surface area contributed by atoms with Crippen molar-refractivity contribution in [3.8, 4) is 0 Å². The first-order valence-electron chi connectivity index (χ1n) is 9.76. The first-order valence-corrected chi connectivity index (χ1v) is 9.76. The smallest absolute Gasteiger partial charge is 0.247 e. The summed E-state index contributed by atoms with van der Waals surface area (Å²) in [7, 11) is 0. The van der Waals surface area contributed by atoms with Crippen LogP contribution in [0.4, 0.5) is 11.4 Å². The Labute approximate surface area is 172 Å². The normalized spacial score (nSPS) is 11.6. The number of amides is 3. The summed E-state index contributed by atoms with van der Waals surface area (Å²) in [5, 5.41) is 8.41. The zero-order valence-corrected chi connectivity index (χ0v) is 17.4. The van der Waals surface area contributed by atoms with E-state index in [1.54, 1.807) is 12.1 Å². The predicted octanol–water partition coefficient (Wildman–Crippen LogP) is 3.67. The first-order chi connectivity index (χ1) is 13.7. The second-order valence-electron chi connectivity index (χ2n) is 7.66. The van der Waals surface area contributed by atoms with Crippen molar-refractivity contribution in [3.05, 3.63) is 59.7 Å². The predicted molar refractivity (Wildman–Crippen MR) is 116 cm³/mol. The van der Waals surface area contributed by atoms with Gasteiger partial charge in [0.15, 0.2) is 0 Å². The molecule has 29 heavy (non-hydrogen) atoms. The molecule has 0 aliphatic heterocycles. The molecule has 1 atom stereocenters. The lowest BCUT2D eigenvalue weighted by Crippen LogP contribution is -2.44. The largest absolute Gasteiger partial charge is 0.344 e. The highest BCUT2D eigenvalue weighted by Crippen LogP contribution is 2.14. The van der Waals surface area contributed by atoms with Gasteiger partial charge in [0.05, 0.1) is 0 Å². The van der Waals surface area contributed by atoms with E-state index < -0.39 is 6.04 Å². The summed E-state index contributed by atoms with van der Waals surface area (Å²) in [6.45, 7) is 7.35. The highest BCUT2D eigenvalue weighted by atomic mass is 16.2. The maximum atomic E-state index is 12.7. The fourth-order valence-electron chi connectivity index (χ4n) is 2.86. The van der Waals surface area contributed by atoms with Gasteiger partial charge in [-0.25, -0.2) is 0 Å². The Hall–Kier alpha value is -3.15. The topological polar surface area (TPSA) is 87.3 Å². The summed E-state index contributed by atoms with van der Waals surface area (Å²) in [4.78, 5) is 36.1. The Bertz CT molecular complexity index is 843. The molecule has 2 rings (SSSR count). The second-order valence-corrected chi connectivity index (χ2v) is 7.66. The lowest BCUT2D eigenvalue weighted by molar-refractivity contribution is -0.125.